The molecule has 1 aromatic rings. The minimum absolute atomic E-state index is 0.352. The number of hydrogen-bond donors (Lipinski definition) is 1. The van der Waals surface area contributed by atoms with Crippen molar-refractivity contribution in [1.82, 2.24) is 5.32 Å². The van der Waals surface area contributed by atoms with Gasteiger partial charge in [0.25, 0.3) is 0 Å². The van der Waals surface area contributed by atoms with Crippen molar-refractivity contribution in [3.63, 3.8) is 0 Å². The van der Waals surface area contributed by atoms with E-state index in [2.05, 4.69) is 21.2 Å². The highest BCUT2D eigenvalue weighted by Gasteiger charge is 1.99. The third kappa shape index (κ3) is 4.83. The van der Waals surface area contributed by atoms with E-state index < -0.39 is 0 Å². The summed E-state index contributed by atoms with van der Waals surface area (Å²) < 4.78 is 6.01. The molecule has 1 rings (SSSR count). The largest absolute Gasteiger partial charge is 0.449 e. The van der Waals surface area contributed by atoms with Gasteiger partial charge >= 0.3 is 6.09 Å². The van der Waals surface area contributed by atoms with Crippen LogP contribution in [-0.4, -0.2) is 19.2 Å². The Kier molecular flexibility index (Phi) is 5.18. The van der Waals surface area contributed by atoms with Gasteiger partial charge in [-0.25, -0.2) is 4.79 Å². The predicted octanol–water partition coefficient (Wildman–Crippen LogP) is 2.74. The van der Waals surface area contributed by atoms with Crippen LogP contribution in [0.1, 0.15) is 12.5 Å². The first-order chi connectivity index (χ1) is 7.22. The van der Waals surface area contributed by atoms with Gasteiger partial charge in [0.1, 0.15) is 0 Å². The van der Waals surface area contributed by atoms with Gasteiger partial charge in [0, 0.05) is 17.4 Å². The summed E-state index contributed by atoms with van der Waals surface area (Å²) in [6.45, 7) is 2.86. The lowest BCUT2D eigenvalue weighted by molar-refractivity contribution is 0.148. The topological polar surface area (TPSA) is 38.3 Å². The van der Waals surface area contributed by atoms with Crippen LogP contribution < -0.4 is 5.32 Å². The summed E-state index contributed by atoms with van der Waals surface area (Å²) in [6.07, 6.45) is 0.388. The molecule has 15 heavy (non-hydrogen) atoms. The molecule has 1 aromatic carbocycles. The highest BCUT2D eigenvalue weighted by atomic mass is 79.9. The van der Waals surface area contributed by atoms with Crippen LogP contribution in [0.5, 0.6) is 0 Å². The quantitative estimate of drug-likeness (QED) is 0.915. The number of amides is 1. The van der Waals surface area contributed by atoms with Crippen LogP contribution in [0, 0.1) is 0 Å². The zero-order chi connectivity index (χ0) is 11.1. The number of hydrogen-bond acceptors (Lipinski definition) is 2. The van der Waals surface area contributed by atoms with Crippen molar-refractivity contribution in [2.24, 2.45) is 0 Å². The molecule has 0 atom stereocenters. The number of rotatable bonds is 4. The van der Waals surface area contributed by atoms with E-state index in [9.17, 15) is 4.79 Å². The van der Waals surface area contributed by atoms with E-state index in [0.29, 0.717) is 13.2 Å². The second-order valence-electron chi connectivity index (χ2n) is 3.04. The first-order valence-electron chi connectivity index (χ1n) is 4.87. The van der Waals surface area contributed by atoms with Crippen molar-refractivity contribution in [2.75, 3.05) is 13.2 Å². The van der Waals surface area contributed by atoms with Gasteiger partial charge in [-0.05, 0) is 24.6 Å². The van der Waals surface area contributed by atoms with Crippen molar-refractivity contribution >= 4 is 22.0 Å². The van der Waals surface area contributed by atoms with Gasteiger partial charge < -0.3 is 10.1 Å². The molecule has 0 saturated carbocycles. The van der Waals surface area contributed by atoms with Gasteiger partial charge in [-0.3, -0.25) is 0 Å². The van der Waals surface area contributed by atoms with Crippen LogP contribution in [0.3, 0.4) is 0 Å². The molecule has 1 amide bonds. The van der Waals surface area contributed by atoms with Crippen LogP contribution in [0.25, 0.3) is 0 Å². The van der Waals surface area contributed by atoms with Gasteiger partial charge in [-0.2, -0.15) is 0 Å². The third-order valence-electron chi connectivity index (χ3n) is 1.86. The molecule has 0 fully saturated rings. The van der Waals surface area contributed by atoms with E-state index in [-0.39, 0.29) is 6.09 Å². The van der Waals surface area contributed by atoms with Gasteiger partial charge in [-0.1, -0.05) is 28.1 Å². The van der Waals surface area contributed by atoms with Gasteiger partial charge in [0.2, 0.25) is 0 Å². The van der Waals surface area contributed by atoms with E-state index in [1.165, 1.54) is 0 Å². The van der Waals surface area contributed by atoms with Gasteiger partial charge in [0.05, 0.1) is 6.61 Å². The SMILES string of the molecule is CCNC(=O)OCCc1ccc(Br)cc1. The second kappa shape index (κ2) is 6.45. The zero-order valence-electron chi connectivity index (χ0n) is 8.63. The molecule has 82 valence electrons. The first kappa shape index (κ1) is 12.0. The lowest BCUT2D eigenvalue weighted by Crippen LogP contribution is -2.24. The number of ether oxygens (including phenoxy) is 1. The molecular formula is C11H14BrNO2. The monoisotopic (exact) mass is 271 g/mol. The third-order valence-corrected chi connectivity index (χ3v) is 2.39. The Hall–Kier alpha value is -1.03. The normalized spacial score (nSPS) is 9.73. The maximum Gasteiger partial charge on any atom is 0.407 e. The fourth-order valence-corrected chi connectivity index (χ4v) is 1.37. The molecule has 0 aliphatic heterocycles. The van der Waals surface area contributed by atoms with E-state index in [1.54, 1.807) is 0 Å². The van der Waals surface area contributed by atoms with Gasteiger partial charge in [-0.15, -0.1) is 0 Å². The Morgan fingerprint density at radius 1 is 1.40 bits per heavy atom. The number of alkyl carbamates (subject to hydrolysis) is 1. The average Bonchev–Trinajstić information content (AvgIpc) is 2.21. The van der Waals surface area contributed by atoms with Crippen LogP contribution in [0.15, 0.2) is 28.7 Å². The van der Waals surface area contributed by atoms with E-state index in [0.717, 1.165) is 16.5 Å². The number of nitrogens with one attached hydrogen (secondary N) is 1. The van der Waals surface area contributed by atoms with E-state index in [1.807, 2.05) is 31.2 Å². The van der Waals surface area contributed by atoms with E-state index >= 15 is 0 Å². The van der Waals surface area contributed by atoms with E-state index in [4.69, 9.17) is 4.74 Å². The summed E-state index contributed by atoms with van der Waals surface area (Å²) in [5.41, 5.74) is 1.16. The van der Waals surface area contributed by atoms with Crippen LogP contribution in [0.4, 0.5) is 4.79 Å². The summed E-state index contributed by atoms with van der Waals surface area (Å²) in [7, 11) is 0. The number of benzene rings is 1. The summed E-state index contributed by atoms with van der Waals surface area (Å²) in [5, 5.41) is 2.57. The van der Waals surface area contributed by atoms with Crippen LogP contribution in [0.2, 0.25) is 0 Å². The molecule has 4 heteroatoms. The molecule has 0 saturated heterocycles. The average molecular weight is 272 g/mol. The Morgan fingerprint density at radius 3 is 2.67 bits per heavy atom. The molecule has 0 aliphatic carbocycles. The summed E-state index contributed by atoms with van der Waals surface area (Å²) >= 11 is 3.36. The molecule has 0 aliphatic rings. The summed E-state index contributed by atoms with van der Waals surface area (Å²) in [6, 6.07) is 7.96. The molecule has 0 heterocycles. The van der Waals surface area contributed by atoms with Crippen LogP contribution >= 0.6 is 15.9 Å². The first-order valence-corrected chi connectivity index (χ1v) is 5.66. The maximum absolute atomic E-state index is 10.9. The van der Waals surface area contributed by atoms with Crippen molar-refractivity contribution in [3.8, 4) is 0 Å². The fraction of sp³-hybridized carbons (Fsp3) is 0.364. The molecule has 0 radical (unpaired) electrons. The highest BCUT2D eigenvalue weighted by molar-refractivity contribution is 9.10. The van der Waals surface area contributed by atoms with Crippen molar-refractivity contribution in [1.29, 1.82) is 0 Å². The minimum Gasteiger partial charge on any atom is -0.449 e. The highest BCUT2D eigenvalue weighted by Crippen LogP contribution is 2.10. The van der Waals surface area contributed by atoms with Crippen molar-refractivity contribution in [3.05, 3.63) is 34.3 Å². The van der Waals surface area contributed by atoms with Gasteiger partial charge in [0.15, 0.2) is 0 Å². The predicted molar refractivity (Wildman–Crippen MR) is 62.9 cm³/mol. The van der Waals surface area contributed by atoms with Crippen LogP contribution in [-0.2, 0) is 11.2 Å². The molecule has 0 bridgehead atoms. The standard InChI is InChI=1S/C11H14BrNO2/c1-2-13-11(14)15-8-7-9-3-5-10(12)6-4-9/h3-6H,2,7-8H2,1H3,(H,13,14). The summed E-state index contributed by atoms with van der Waals surface area (Å²) in [5.74, 6) is 0. The molecule has 0 spiro atoms. The molecule has 1 N–H and O–H groups in total. The Bertz CT molecular complexity index is 311. The molecule has 0 aromatic heterocycles. The lowest BCUT2D eigenvalue weighted by Gasteiger charge is -2.05. The Labute approximate surface area is 97.9 Å². The second-order valence-corrected chi connectivity index (χ2v) is 3.96. The minimum atomic E-state index is -0.352. The van der Waals surface area contributed by atoms with Crippen molar-refractivity contribution in [2.45, 2.75) is 13.3 Å². The lowest BCUT2D eigenvalue weighted by atomic mass is 10.2. The van der Waals surface area contributed by atoms with Crippen molar-refractivity contribution < 1.29 is 9.53 Å². The number of carbonyl (C=O) groups is 1. The molecule has 3 nitrogen and oxygen atoms in total. The Morgan fingerprint density at radius 2 is 2.07 bits per heavy atom. The summed E-state index contributed by atoms with van der Waals surface area (Å²) in [4.78, 5) is 10.9. The maximum atomic E-state index is 10.9. The molecular weight excluding hydrogens is 258 g/mol. The fourth-order valence-electron chi connectivity index (χ4n) is 1.11. The number of halogens is 1. The Balaban J connectivity index is 2.26. The number of carbonyl (C=O) groups excluding carboxylic acids is 1. The smallest absolute Gasteiger partial charge is 0.407 e. The molecule has 0 unspecified atom stereocenters. The zero-order valence-corrected chi connectivity index (χ0v) is 10.2.